The maximum atomic E-state index is 12.0. The molecule has 1 amide bonds. The fraction of sp³-hybridized carbons (Fsp3) is 0.857. The van der Waals surface area contributed by atoms with E-state index in [0.717, 1.165) is 25.5 Å². The molecule has 0 bridgehead atoms. The van der Waals surface area contributed by atoms with Crippen LogP contribution in [-0.2, 0) is 11.3 Å². The second-order valence-electron chi connectivity index (χ2n) is 7.01. The molecule has 1 aromatic heterocycles. The molecule has 1 aromatic rings. The third-order valence-electron chi connectivity index (χ3n) is 3.84. The minimum absolute atomic E-state index is 0.227. The van der Waals surface area contributed by atoms with Gasteiger partial charge in [0.25, 0.3) is 0 Å². The van der Waals surface area contributed by atoms with Gasteiger partial charge in [0, 0.05) is 26.2 Å². The zero-order valence-corrected chi connectivity index (χ0v) is 13.5. The quantitative estimate of drug-likeness (QED) is 0.831. The Bertz CT molecular complexity index is 526. The Morgan fingerprint density at radius 1 is 1.23 bits per heavy atom. The van der Waals surface area contributed by atoms with Gasteiger partial charge in [-0.15, -0.1) is 5.10 Å². The second-order valence-corrected chi connectivity index (χ2v) is 7.01. The maximum absolute atomic E-state index is 12.0. The van der Waals surface area contributed by atoms with E-state index in [0.29, 0.717) is 19.1 Å². The van der Waals surface area contributed by atoms with Gasteiger partial charge in [-0.25, -0.2) is 9.48 Å². The molecule has 3 rings (SSSR count). The Balaban J connectivity index is 1.49. The average molecular weight is 308 g/mol. The number of tetrazole rings is 1. The van der Waals surface area contributed by atoms with E-state index in [9.17, 15) is 4.79 Å². The monoisotopic (exact) mass is 308 g/mol. The van der Waals surface area contributed by atoms with Crippen molar-refractivity contribution in [1.82, 2.24) is 30.0 Å². The Hall–Kier alpha value is -1.70. The largest absolute Gasteiger partial charge is 0.444 e. The number of piperazine rings is 1. The van der Waals surface area contributed by atoms with Gasteiger partial charge in [0.05, 0.1) is 12.6 Å². The normalized spacial score (nSPS) is 20.2. The number of ether oxygens (including phenoxy) is 1. The third kappa shape index (κ3) is 3.73. The summed E-state index contributed by atoms with van der Waals surface area (Å²) < 4.78 is 7.35. The van der Waals surface area contributed by atoms with Crippen LogP contribution >= 0.6 is 0 Å². The van der Waals surface area contributed by atoms with E-state index in [1.807, 2.05) is 25.5 Å². The number of rotatable bonds is 3. The summed E-state index contributed by atoms with van der Waals surface area (Å²) in [7, 11) is 0. The summed E-state index contributed by atoms with van der Waals surface area (Å²) in [5, 5.41) is 12.0. The molecule has 2 fully saturated rings. The zero-order chi connectivity index (χ0) is 15.7. The van der Waals surface area contributed by atoms with Crippen molar-refractivity contribution in [2.24, 2.45) is 0 Å². The number of hydrogen-bond donors (Lipinski definition) is 0. The molecule has 1 saturated heterocycles. The predicted molar refractivity (Wildman–Crippen MR) is 79.2 cm³/mol. The molecule has 0 aromatic carbocycles. The lowest BCUT2D eigenvalue weighted by Crippen LogP contribution is -2.49. The van der Waals surface area contributed by atoms with Gasteiger partial charge in [-0.05, 0) is 44.0 Å². The fourth-order valence-corrected chi connectivity index (χ4v) is 2.53. The molecule has 0 unspecified atom stereocenters. The molecule has 2 aliphatic rings. The minimum Gasteiger partial charge on any atom is -0.444 e. The topological polar surface area (TPSA) is 76.4 Å². The first kappa shape index (κ1) is 15.2. The summed E-state index contributed by atoms with van der Waals surface area (Å²) >= 11 is 0. The lowest BCUT2D eigenvalue weighted by Gasteiger charge is -2.35. The Morgan fingerprint density at radius 2 is 1.91 bits per heavy atom. The van der Waals surface area contributed by atoms with Gasteiger partial charge >= 0.3 is 6.09 Å². The van der Waals surface area contributed by atoms with Gasteiger partial charge in [0.2, 0.25) is 0 Å². The van der Waals surface area contributed by atoms with E-state index in [1.54, 1.807) is 4.90 Å². The van der Waals surface area contributed by atoms with Crippen molar-refractivity contribution in [1.29, 1.82) is 0 Å². The van der Waals surface area contributed by atoms with Crippen LogP contribution in [0, 0.1) is 0 Å². The lowest BCUT2D eigenvalue weighted by atomic mass is 10.2. The van der Waals surface area contributed by atoms with Gasteiger partial charge in [-0.3, -0.25) is 4.90 Å². The van der Waals surface area contributed by atoms with Crippen LogP contribution in [0.5, 0.6) is 0 Å². The number of carbonyl (C=O) groups is 1. The molecule has 1 aliphatic heterocycles. The number of hydrogen-bond acceptors (Lipinski definition) is 6. The summed E-state index contributed by atoms with van der Waals surface area (Å²) in [5.41, 5.74) is -0.444. The first-order valence-electron chi connectivity index (χ1n) is 7.89. The number of nitrogens with zero attached hydrogens (tertiary/aromatic N) is 6. The highest BCUT2D eigenvalue weighted by atomic mass is 16.6. The summed E-state index contributed by atoms with van der Waals surface area (Å²) in [5.74, 6) is 0.924. The standard InChI is InChI=1S/C14H24N6O2/c1-14(2,3)22-13(21)19-8-6-18(7-9-19)10-12-15-16-17-20(12)11-4-5-11/h11H,4-10H2,1-3H3. The smallest absolute Gasteiger partial charge is 0.410 e. The average Bonchev–Trinajstić information content (AvgIpc) is 3.18. The van der Waals surface area contributed by atoms with Crippen molar-refractivity contribution in [3.05, 3.63) is 5.82 Å². The first-order chi connectivity index (χ1) is 10.4. The first-order valence-corrected chi connectivity index (χ1v) is 7.89. The minimum atomic E-state index is -0.444. The highest BCUT2D eigenvalue weighted by molar-refractivity contribution is 5.68. The van der Waals surface area contributed by atoms with Crippen LogP contribution in [0.2, 0.25) is 0 Å². The Kier molecular flexibility index (Phi) is 4.03. The maximum Gasteiger partial charge on any atom is 0.410 e. The Morgan fingerprint density at radius 3 is 2.50 bits per heavy atom. The van der Waals surface area contributed by atoms with Crippen molar-refractivity contribution in [2.75, 3.05) is 26.2 Å². The van der Waals surface area contributed by atoms with Crippen LogP contribution < -0.4 is 0 Å². The van der Waals surface area contributed by atoms with E-state index in [-0.39, 0.29) is 6.09 Å². The zero-order valence-electron chi connectivity index (χ0n) is 13.5. The molecule has 0 atom stereocenters. The van der Waals surface area contributed by atoms with Crippen molar-refractivity contribution in [3.8, 4) is 0 Å². The van der Waals surface area contributed by atoms with Crippen LogP contribution in [0.15, 0.2) is 0 Å². The molecule has 22 heavy (non-hydrogen) atoms. The summed E-state index contributed by atoms with van der Waals surface area (Å²) in [4.78, 5) is 16.1. The van der Waals surface area contributed by atoms with Crippen molar-refractivity contribution >= 4 is 6.09 Å². The highest BCUT2D eigenvalue weighted by Gasteiger charge is 2.30. The summed E-state index contributed by atoms with van der Waals surface area (Å²) in [6.45, 7) is 9.40. The van der Waals surface area contributed by atoms with Crippen LogP contribution in [0.1, 0.15) is 45.5 Å². The van der Waals surface area contributed by atoms with Crippen LogP contribution in [0.3, 0.4) is 0 Å². The summed E-state index contributed by atoms with van der Waals surface area (Å²) in [6, 6.07) is 0.494. The fourth-order valence-electron chi connectivity index (χ4n) is 2.53. The highest BCUT2D eigenvalue weighted by Crippen LogP contribution is 2.34. The molecule has 122 valence electrons. The molecule has 2 heterocycles. The van der Waals surface area contributed by atoms with Crippen LogP contribution in [0.25, 0.3) is 0 Å². The molecular weight excluding hydrogens is 284 g/mol. The number of aromatic nitrogens is 4. The predicted octanol–water partition coefficient (Wildman–Crippen LogP) is 1.06. The van der Waals surface area contributed by atoms with E-state index in [4.69, 9.17) is 4.74 Å². The SMILES string of the molecule is CC(C)(C)OC(=O)N1CCN(Cc2nnnn2C2CC2)CC1. The van der Waals surface area contributed by atoms with Crippen LogP contribution in [-0.4, -0.2) is 67.9 Å². The molecular formula is C14H24N6O2. The van der Waals surface area contributed by atoms with Gasteiger partial charge in [0.1, 0.15) is 5.60 Å². The van der Waals surface area contributed by atoms with Gasteiger partial charge < -0.3 is 9.64 Å². The van der Waals surface area contributed by atoms with E-state index in [1.165, 1.54) is 12.8 Å². The van der Waals surface area contributed by atoms with Gasteiger partial charge in [-0.2, -0.15) is 0 Å². The molecule has 0 radical (unpaired) electrons. The Labute approximate surface area is 130 Å². The van der Waals surface area contributed by atoms with E-state index >= 15 is 0 Å². The molecule has 1 saturated carbocycles. The molecule has 1 aliphatic carbocycles. The van der Waals surface area contributed by atoms with Crippen molar-refractivity contribution < 1.29 is 9.53 Å². The van der Waals surface area contributed by atoms with Gasteiger partial charge in [0.15, 0.2) is 5.82 Å². The van der Waals surface area contributed by atoms with Crippen molar-refractivity contribution in [3.63, 3.8) is 0 Å². The van der Waals surface area contributed by atoms with E-state index in [2.05, 4.69) is 20.4 Å². The summed E-state index contributed by atoms with van der Waals surface area (Å²) in [6.07, 6.45) is 2.12. The number of carbonyl (C=O) groups excluding carboxylic acids is 1. The second kappa shape index (κ2) is 5.83. The molecule has 0 spiro atoms. The lowest BCUT2D eigenvalue weighted by molar-refractivity contribution is 0.0136. The molecule has 8 heteroatoms. The third-order valence-corrected chi connectivity index (χ3v) is 3.84. The molecule has 0 N–H and O–H groups in total. The van der Waals surface area contributed by atoms with Crippen molar-refractivity contribution in [2.45, 2.75) is 51.8 Å². The van der Waals surface area contributed by atoms with Gasteiger partial charge in [-0.1, -0.05) is 0 Å². The molecule has 8 nitrogen and oxygen atoms in total. The number of amides is 1. The van der Waals surface area contributed by atoms with Crippen LogP contribution in [0.4, 0.5) is 4.79 Å². The van der Waals surface area contributed by atoms with E-state index < -0.39 is 5.60 Å².